The van der Waals surface area contributed by atoms with Crippen LogP contribution in [0.3, 0.4) is 0 Å². The molecule has 0 fully saturated rings. The van der Waals surface area contributed by atoms with Gasteiger partial charge >= 0.3 is 0 Å². The van der Waals surface area contributed by atoms with Crippen LogP contribution in [0.2, 0.25) is 0 Å². The van der Waals surface area contributed by atoms with Crippen LogP contribution in [0.15, 0.2) is 36.5 Å². The second-order valence-electron chi connectivity index (χ2n) is 20.3. The van der Waals surface area contributed by atoms with Crippen molar-refractivity contribution in [2.75, 3.05) is 19.6 Å². The smallest absolute Gasteiger partial charge is 0.250 e. The zero-order valence-electron chi connectivity index (χ0n) is 44.9. The molecule has 0 saturated heterocycles. The van der Waals surface area contributed by atoms with E-state index >= 15 is 0 Å². The number of nitrogens with two attached hydrogens (primary N) is 1. The van der Waals surface area contributed by atoms with Crippen LogP contribution in [0.1, 0.15) is 303 Å². The van der Waals surface area contributed by atoms with Gasteiger partial charge in [-0.2, -0.15) is 0 Å². The minimum atomic E-state index is -2.20. The normalized spacial score (nSPS) is 12.8. The van der Waals surface area contributed by atoms with Gasteiger partial charge in [0.1, 0.15) is 0 Å². The van der Waals surface area contributed by atoms with Gasteiger partial charge in [0.2, 0.25) is 17.7 Å². The predicted octanol–water partition coefficient (Wildman–Crippen LogP) is 17.0. The highest BCUT2D eigenvalue weighted by molar-refractivity contribution is 5.94. The van der Waals surface area contributed by atoms with Crippen molar-refractivity contribution in [1.82, 2.24) is 10.2 Å². The first-order valence-electron chi connectivity index (χ1n) is 29.3. The van der Waals surface area contributed by atoms with Crippen molar-refractivity contribution in [2.45, 2.75) is 309 Å². The summed E-state index contributed by atoms with van der Waals surface area (Å²) in [6, 6.07) is 0. The highest BCUT2D eigenvalue weighted by Crippen LogP contribution is 2.20. The van der Waals surface area contributed by atoms with Crippen LogP contribution < -0.4 is 11.1 Å². The third-order valence-electron chi connectivity index (χ3n) is 13.6. The summed E-state index contributed by atoms with van der Waals surface area (Å²) < 4.78 is 0. The van der Waals surface area contributed by atoms with E-state index in [9.17, 15) is 19.5 Å². The van der Waals surface area contributed by atoms with Crippen LogP contribution in [0.4, 0.5) is 0 Å². The molecule has 0 rings (SSSR count). The molecule has 4 N–H and O–H groups in total. The molecule has 7 heteroatoms. The molecule has 0 aliphatic carbocycles. The van der Waals surface area contributed by atoms with Crippen LogP contribution >= 0.6 is 0 Å². The maximum atomic E-state index is 13.8. The van der Waals surface area contributed by atoms with E-state index in [0.717, 1.165) is 77.0 Å². The lowest BCUT2D eigenvalue weighted by atomic mass is 9.93. The van der Waals surface area contributed by atoms with E-state index < -0.39 is 30.3 Å². The number of primary amides is 1. The summed E-state index contributed by atoms with van der Waals surface area (Å²) in [6.07, 6.45) is 64.7. The maximum Gasteiger partial charge on any atom is 0.250 e. The standard InChI is InChI=1S/C60H113N3O4/c1-4-7-10-13-16-19-22-25-28-31-34-37-40-43-46-49-52-62-57(64)55-60(67,59(61)66)56-58(65)63(53-50-47-44-41-38-35-32-29-26-23-20-17-14-11-8-5-2)54-51-48-45-42-39-36-33-30-27-24-21-18-15-12-9-6-3/h25-30,67H,4-24,31-56H2,1-3H3,(H2,61,66)(H,62,64)/b28-25-,29-26-,30-27-. The Labute approximate surface area is 416 Å². The second-order valence-corrected chi connectivity index (χ2v) is 20.3. The number of carbonyl (C=O) groups excluding carboxylic acids is 3. The van der Waals surface area contributed by atoms with Gasteiger partial charge in [0.25, 0.3) is 0 Å². The zero-order valence-corrected chi connectivity index (χ0v) is 44.9. The van der Waals surface area contributed by atoms with E-state index in [-0.39, 0.29) is 5.91 Å². The van der Waals surface area contributed by atoms with Gasteiger partial charge in [-0.1, -0.05) is 231 Å². The number of rotatable bonds is 53. The molecule has 0 aromatic carbocycles. The van der Waals surface area contributed by atoms with E-state index in [1.54, 1.807) is 0 Å². The van der Waals surface area contributed by atoms with E-state index in [4.69, 9.17) is 5.73 Å². The first kappa shape index (κ1) is 64.6. The zero-order chi connectivity index (χ0) is 49.0. The molecule has 0 radical (unpaired) electrons. The molecule has 67 heavy (non-hydrogen) atoms. The Bertz CT molecular complexity index is 1140. The molecule has 0 saturated carbocycles. The minimum Gasteiger partial charge on any atom is -0.379 e. The lowest BCUT2D eigenvalue weighted by molar-refractivity contribution is -0.150. The number of unbranched alkanes of at least 4 members (excludes halogenated alkanes) is 36. The lowest BCUT2D eigenvalue weighted by Crippen LogP contribution is -2.51. The Morgan fingerprint density at radius 2 is 0.672 bits per heavy atom. The lowest BCUT2D eigenvalue weighted by Gasteiger charge is -2.29. The van der Waals surface area contributed by atoms with Crippen molar-refractivity contribution < 1.29 is 19.5 Å². The largest absolute Gasteiger partial charge is 0.379 e. The van der Waals surface area contributed by atoms with Crippen molar-refractivity contribution in [2.24, 2.45) is 5.73 Å². The fraction of sp³-hybridized carbons (Fsp3) is 0.850. The quantitative estimate of drug-likeness (QED) is 0.0416. The number of nitrogens with one attached hydrogen (secondary N) is 1. The van der Waals surface area contributed by atoms with Crippen molar-refractivity contribution >= 4 is 17.7 Å². The van der Waals surface area contributed by atoms with Gasteiger partial charge in [-0.25, -0.2) is 0 Å². The van der Waals surface area contributed by atoms with Crippen molar-refractivity contribution in [3.63, 3.8) is 0 Å². The topological polar surface area (TPSA) is 113 Å². The van der Waals surface area contributed by atoms with E-state index in [2.05, 4.69) is 62.5 Å². The van der Waals surface area contributed by atoms with Crippen LogP contribution in [0.5, 0.6) is 0 Å². The summed E-state index contributed by atoms with van der Waals surface area (Å²) in [4.78, 5) is 41.1. The summed E-state index contributed by atoms with van der Waals surface area (Å²) in [5.74, 6) is -1.74. The Hall–Kier alpha value is -2.41. The number of hydrogen-bond acceptors (Lipinski definition) is 4. The summed E-state index contributed by atoms with van der Waals surface area (Å²) in [5, 5.41) is 14.2. The molecular weight excluding hydrogens is 827 g/mol. The Balaban J connectivity index is 4.68. The van der Waals surface area contributed by atoms with Gasteiger partial charge < -0.3 is 21.1 Å². The minimum absolute atomic E-state index is 0.289. The molecular formula is C60H113N3O4. The molecule has 0 aromatic rings. The molecule has 0 aliphatic heterocycles. The Morgan fingerprint density at radius 1 is 0.403 bits per heavy atom. The van der Waals surface area contributed by atoms with Crippen molar-refractivity contribution in [3.8, 4) is 0 Å². The molecule has 3 amide bonds. The van der Waals surface area contributed by atoms with Crippen LogP contribution in [-0.4, -0.2) is 53.0 Å². The SMILES string of the molecule is CCCCCCCC/C=C\CCCCCCCCNC(=O)CC(O)(CC(=O)N(CCCCCCCC/C=C\CCCCCCCC)CCCCCCCC/C=C\CCCCCCCC)C(N)=O. The van der Waals surface area contributed by atoms with Gasteiger partial charge in [0.15, 0.2) is 5.60 Å². The number of nitrogens with zero attached hydrogens (tertiary/aromatic N) is 1. The van der Waals surface area contributed by atoms with Crippen LogP contribution in [0, 0.1) is 0 Å². The molecule has 0 aliphatic rings. The average Bonchev–Trinajstić information content (AvgIpc) is 3.31. The summed E-state index contributed by atoms with van der Waals surface area (Å²) in [7, 11) is 0. The third kappa shape index (κ3) is 45.8. The number of allylic oxidation sites excluding steroid dienone is 6. The number of aliphatic hydroxyl groups is 1. The molecule has 0 bridgehead atoms. The van der Waals surface area contributed by atoms with Crippen LogP contribution in [-0.2, 0) is 14.4 Å². The number of amides is 3. The number of hydrogen-bond donors (Lipinski definition) is 3. The predicted molar refractivity (Wildman–Crippen MR) is 291 cm³/mol. The van der Waals surface area contributed by atoms with Gasteiger partial charge in [-0.05, 0) is 96.3 Å². The van der Waals surface area contributed by atoms with Gasteiger partial charge in [-0.3, -0.25) is 14.4 Å². The van der Waals surface area contributed by atoms with Gasteiger partial charge in [-0.15, -0.1) is 0 Å². The molecule has 0 spiro atoms. The monoisotopic (exact) mass is 940 g/mol. The molecule has 1 unspecified atom stereocenters. The first-order valence-corrected chi connectivity index (χ1v) is 29.3. The molecule has 0 heterocycles. The Morgan fingerprint density at radius 3 is 0.970 bits per heavy atom. The summed E-state index contributed by atoms with van der Waals surface area (Å²) in [6.45, 7) is 8.48. The van der Waals surface area contributed by atoms with Gasteiger partial charge in [0.05, 0.1) is 12.8 Å². The fourth-order valence-electron chi connectivity index (χ4n) is 8.99. The highest BCUT2D eigenvalue weighted by atomic mass is 16.3. The van der Waals surface area contributed by atoms with E-state index in [1.807, 2.05) is 4.90 Å². The van der Waals surface area contributed by atoms with Crippen LogP contribution in [0.25, 0.3) is 0 Å². The molecule has 0 aromatic heterocycles. The molecule has 392 valence electrons. The maximum absolute atomic E-state index is 13.8. The molecule has 7 nitrogen and oxygen atoms in total. The van der Waals surface area contributed by atoms with Gasteiger partial charge in [0, 0.05) is 19.6 Å². The van der Waals surface area contributed by atoms with Crippen molar-refractivity contribution in [3.05, 3.63) is 36.5 Å². The third-order valence-corrected chi connectivity index (χ3v) is 13.6. The fourth-order valence-corrected chi connectivity index (χ4v) is 8.99. The van der Waals surface area contributed by atoms with Crippen molar-refractivity contribution in [1.29, 1.82) is 0 Å². The Kier molecular flexibility index (Phi) is 49.6. The van der Waals surface area contributed by atoms with E-state index in [0.29, 0.717) is 19.6 Å². The number of carbonyl (C=O) groups is 3. The second kappa shape index (κ2) is 51.4. The summed E-state index contributed by atoms with van der Waals surface area (Å²) >= 11 is 0. The average molecular weight is 941 g/mol. The molecule has 1 atom stereocenters. The highest BCUT2D eigenvalue weighted by Gasteiger charge is 2.40. The van der Waals surface area contributed by atoms with E-state index in [1.165, 1.54) is 193 Å². The first-order chi connectivity index (χ1) is 32.8. The summed E-state index contributed by atoms with van der Waals surface area (Å²) in [5.41, 5.74) is 3.49.